The largest absolute Gasteiger partial charge is 0.332 e. The number of H-pyrrole nitrogens is 1. The number of rotatable bonds is 5. The molecule has 0 bridgehead atoms. The van der Waals surface area contributed by atoms with Crippen LogP contribution in [0.25, 0.3) is 0 Å². The molecule has 1 aliphatic heterocycles. The van der Waals surface area contributed by atoms with E-state index in [9.17, 15) is 8.42 Å². The third kappa shape index (κ3) is 3.59. The van der Waals surface area contributed by atoms with Crippen molar-refractivity contribution in [1.82, 2.24) is 19.2 Å². The van der Waals surface area contributed by atoms with Gasteiger partial charge >= 0.3 is 0 Å². The van der Waals surface area contributed by atoms with Crippen LogP contribution >= 0.6 is 0 Å². The normalized spacial score (nSPS) is 18.8. The first-order valence-corrected chi connectivity index (χ1v) is 8.57. The summed E-state index contributed by atoms with van der Waals surface area (Å²) in [6.45, 7) is 9.94. The summed E-state index contributed by atoms with van der Waals surface area (Å²) in [5.74, 6) is 1.31. The van der Waals surface area contributed by atoms with Crippen molar-refractivity contribution in [2.24, 2.45) is 5.92 Å². The van der Waals surface area contributed by atoms with Gasteiger partial charge in [-0.3, -0.25) is 0 Å². The highest BCUT2D eigenvalue weighted by atomic mass is 32.2. The minimum atomic E-state index is -3.41. The van der Waals surface area contributed by atoms with Gasteiger partial charge in [-0.2, -0.15) is 4.31 Å². The molecule has 2 heterocycles. The van der Waals surface area contributed by atoms with E-state index in [-0.39, 0.29) is 5.03 Å². The van der Waals surface area contributed by atoms with Crippen LogP contribution in [0.15, 0.2) is 11.2 Å². The van der Waals surface area contributed by atoms with E-state index < -0.39 is 10.0 Å². The molecule has 0 aliphatic carbocycles. The van der Waals surface area contributed by atoms with Crippen molar-refractivity contribution in [1.29, 1.82) is 0 Å². The fraction of sp³-hybridized carbons (Fsp3) is 0.769. The van der Waals surface area contributed by atoms with Gasteiger partial charge in [0.25, 0.3) is 10.0 Å². The molecule has 1 N–H and O–H groups in total. The summed E-state index contributed by atoms with van der Waals surface area (Å²) in [7, 11) is -3.41. The minimum absolute atomic E-state index is 0.200. The number of nitrogens with zero attached hydrogens (tertiary/aromatic N) is 3. The first kappa shape index (κ1) is 15.5. The van der Waals surface area contributed by atoms with E-state index in [4.69, 9.17) is 0 Å². The Bertz CT molecular complexity index is 530. The highest BCUT2D eigenvalue weighted by Gasteiger charge is 2.29. The molecule has 0 aromatic carbocycles. The lowest BCUT2D eigenvalue weighted by molar-refractivity contribution is 0.180. The van der Waals surface area contributed by atoms with Gasteiger partial charge in [0, 0.05) is 26.2 Å². The molecule has 1 aromatic rings. The fourth-order valence-corrected chi connectivity index (χ4v) is 3.69. The van der Waals surface area contributed by atoms with Gasteiger partial charge in [-0.25, -0.2) is 13.4 Å². The smallest absolute Gasteiger partial charge is 0.260 e. The Morgan fingerprint density at radius 1 is 1.30 bits per heavy atom. The fourth-order valence-electron chi connectivity index (χ4n) is 2.30. The molecule has 0 radical (unpaired) electrons. The molecule has 0 atom stereocenters. The van der Waals surface area contributed by atoms with Crippen LogP contribution in [0.5, 0.6) is 0 Å². The van der Waals surface area contributed by atoms with Gasteiger partial charge in [-0.05, 0) is 25.8 Å². The van der Waals surface area contributed by atoms with Gasteiger partial charge in [0.15, 0.2) is 5.03 Å². The molecule has 2 rings (SSSR count). The van der Waals surface area contributed by atoms with E-state index in [1.54, 1.807) is 11.2 Å². The molecule has 0 spiro atoms. The Hall–Kier alpha value is -0.920. The first-order chi connectivity index (χ1) is 9.39. The van der Waals surface area contributed by atoms with Crippen molar-refractivity contribution >= 4 is 10.0 Å². The van der Waals surface area contributed by atoms with Crippen molar-refractivity contribution in [2.45, 2.75) is 32.2 Å². The Balaban J connectivity index is 1.93. The van der Waals surface area contributed by atoms with Crippen molar-refractivity contribution in [2.75, 3.05) is 32.7 Å². The number of aryl methyl sites for hydroxylation is 1. The number of sulfonamides is 1. The second-order valence-corrected chi connectivity index (χ2v) is 7.67. The van der Waals surface area contributed by atoms with E-state index in [1.807, 2.05) is 0 Å². The van der Waals surface area contributed by atoms with E-state index >= 15 is 0 Å². The second kappa shape index (κ2) is 6.24. The predicted molar refractivity (Wildman–Crippen MR) is 78.0 cm³/mol. The van der Waals surface area contributed by atoms with Crippen LogP contribution in [0.1, 0.15) is 26.1 Å². The van der Waals surface area contributed by atoms with E-state index in [1.165, 1.54) is 6.20 Å². The molecule has 1 aromatic heterocycles. The van der Waals surface area contributed by atoms with Gasteiger partial charge in [0.05, 0.1) is 6.20 Å². The summed E-state index contributed by atoms with van der Waals surface area (Å²) in [5, 5.41) is 0.200. The SMILES string of the molecule is Cc1ncc(S(=O)(=O)N2CCN(CCC(C)C)CC2)[nH]1. The predicted octanol–water partition coefficient (Wildman–Crippen LogP) is 1.07. The van der Waals surface area contributed by atoms with Crippen molar-refractivity contribution in [3.8, 4) is 0 Å². The Labute approximate surface area is 121 Å². The van der Waals surface area contributed by atoms with Crippen LogP contribution in [-0.2, 0) is 10.0 Å². The van der Waals surface area contributed by atoms with Gasteiger partial charge < -0.3 is 9.88 Å². The molecule has 1 fully saturated rings. The third-order valence-electron chi connectivity index (χ3n) is 3.65. The lowest BCUT2D eigenvalue weighted by atomic mass is 10.1. The molecule has 1 aliphatic rings. The van der Waals surface area contributed by atoms with E-state index in [0.29, 0.717) is 24.8 Å². The Morgan fingerprint density at radius 2 is 1.95 bits per heavy atom. The standard InChI is InChI=1S/C13H24N4O2S/c1-11(2)4-5-16-6-8-17(9-7-16)20(18,19)13-10-14-12(3)15-13/h10-11H,4-9H2,1-3H3,(H,14,15). The molecule has 114 valence electrons. The number of hydrogen-bond donors (Lipinski definition) is 1. The molecular formula is C13H24N4O2S. The summed E-state index contributed by atoms with van der Waals surface area (Å²) in [4.78, 5) is 9.12. The van der Waals surface area contributed by atoms with Crippen LogP contribution < -0.4 is 0 Å². The highest BCUT2D eigenvalue weighted by molar-refractivity contribution is 7.89. The highest BCUT2D eigenvalue weighted by Crippen LogP contribution is 2.16. The van der Waals surface area contributed by atoms with Gasteiger partial charge in [-0.1, -0.05) is 13.8 Å². The van der Waals surface area contributed by atoms with Crippen LogP contribution in [0.2, 0.25) is 0 Å². The minimum Gasteiger partial charge on any atom is -0.332 e. The number of nitrogens with one attached hydrogen (secondary N) is 1. The second-order valence-electron chi connectivity index (χ2n) is 5.76. The quantitative estimate of drug-likeness (QED) is 0.883. The summed E-state index contributed by atoms with van der Waals surface area (Å²) in [6, 6.07) is 0. The molecular weight excluding hydrogens is 276 g/mol. The Morgan fingerprint density at radius 3 is 2.45 bits per heavy atom. The molecule has 0 unspecified atom stereocenters. The molecule has 0 saturated carbocycles. The van der Waals surface area contributed by atoms with Crippen molar-refractivity contribution in [3.05, 3.63) is 12.0 Å². The lowest BCUT2D eigenvalue weighted by Gasteiger charge is -2.33. The topological polar surface area (TPSA) is 69.3 Å². The third-order valence-corrected chi connectivity index (χ3v) is 5.46. The lowest BCUT2D eigenvalue weighted by Crippen LogP contribution is -2.48. The summed E-state index contributed by atoms with van der Waals surface area (Å²) >= 11 is 0. The zero-order valence-electron chi connectivity index (χ0n) is 12.5. The maximum absolute atomic E-state index is 12.4. The van der Waals surface area contributed by atoms with Crippen LogP contribution in [-0.4, -0.2) is 60.3 Å². The van der Waals surface area contributed by atoms with E-state index in [0.717, 1.165) is 26.1 Å². The number of aromatic amines is 1. The van der Waals surface area contributed by atoms with E-state index in [2.05, 4.69) is 28.7 Å². The van der Waals surface area contributed by atoms with Gasteiger partial charge in [0.2, 0.25) is 0 Å². The van der Waals surface area contributed by atoms with Gasteiger partial charge in [-0.15, -0.1) is 0 Å². The maximum atomic E-state index is 12.4. The number of piperazine rings is 1. The number of imidazole rings is 1. The number of hydrogen-bond acceptors (Lipinski definition) is 4. The summed E-state index contributed by atoms with van der Waals surface area (Å²) in [6.07, 6.45) is 2.56. The monoisotopic (exact) mass is 300 g/mol. The van der Waals surface area contributed by atoms with Crippen LogP contribution in [0.4, 0.5) is 0 Å². The molecule has 6 nitrogen and oxygen atoms in total. The number of aromatic nitrogens is 2. The average Bonchev–Trinajstić information content (AvgIpc) is 2.84. The molecule has 7 heteroatoms. The van der Waals surface area contributed by atoms with Crippen molar-refractivity contribution < 1.29 is 8.42 Å². The van der Waals surface area contributed by atoms with Crippen molar-refractivity contribution in [3.63, 3.8) is 0 Å². The first-order valence-electron chi connectivity index (χ1n) is 7.13. The summed E-state index contributed by atoms with van der Waals surface area (Å²) < 4.78 is 26.4. The average molecular weight is 300 g/mol. The van der Waals surface area contributed by atoms with Crippen LogP contribution in [0.3, 0.4) is 0 Å². The maximum Gasteiger partial charge on any atom is 0.260 e. The summed E-state index contributed by atoms with van der Waals surface area (Å²) in [5.41, 5.74) is 0. The molecule has 20 heavy (non-hydrogen) atoms. The molecule has 0 amide bonds. The molecule has 1 saturated heterocycles. The zero-order chi connectivity index (χ0) is 14.8. The zero-order valence-corrected chi connectivity index (χ0v) is 13.3. The Kier molecular flexibility index (Phi) is 4.82. The van der Waals surface area contributed by atoms with Crippen LogP contribution in [0, 0.1) is 12.8 Å². The van der Waals surface area contributed by atoms with Gasteiger partial charge in [0.1, 0.15) is 5.82 Å².